The molecule has 18 heavy (non-hydrogen) atoms. The van der Waals surface area contributed by atoms with Gasteiger partial charge in [-0.05, 0) is 37.0 Å². The molecule has 2 fully saturated rings. The second kappa shape index (κ2) is 5.02. The zero-order chi connectivity index (χ0) is 12.5. The summed E-state index contributed by atoms with van der Waals surface area (Å²) >= 11 is 3.42. The van der Waals surface area contributed by atoms with Gasteiger partial charge in [0.2, 0.25) is 5.91 Å². The summed E-state index contributed by atoms with van der Waals surface area (Å²) in [6.45, 7) is 1.61. The summed E-state index contributed by atoms with van der Waals surface area (Å²) < 4.78 is 1.08. The van der Waals surface area contributed by atoms with Gasteiger partial charge in [0.05, 0.1) is 6.04 Å². The number of hydrogen-bond acceptors (Lipinski definition) is 2. The van der Waals surface area contributed by atoms with Gasteiger partial charge in [-0.3, -0.25) is 4.79 Å². The first-order valence-electron chi connectivity index (χ1n) is 6.51. The normalized spacial score (nSPS) is 23.7. The Hall–Kier alpha value is -0.870. The monoisotopic (exact) mass is 308 g/mol. The lowest BCUT2D eigenvalue weighted by molar-refractivity contribution is -0.129. The highest BCUT2D eigenvalue weighted by Crippen LogP contribution is 2.23. The highest BCUT2D eigenvalue weighted by atomic mass is 79.9. The number of likely N-dealkylation sites (tertiary alicyclic amines) is 1. The van der Waals surface area contributed by atoms with Crippen LogP contribution in [0.4, 0.5) is 0 Å². The maximum absolute atomic E-state index is 12.2. The Labute approximate surface area is 116 Å². The van der Waals surface area contributed by atoms with Gasteiger partial charge in [0, 0.05) is 23.6 Å². The smallest absolute Gasteiger partial charge is 0.240 e. The summed E-state index contributed by atoms with van der Waals surface area (Å²) in [5, 5.41) is 3.43. The molecule has 96 valence electrons. The topological polar surface area (TPSA) is 32.3 Å². The quantitative estimate of drug-likeness (QED) is 0.925. The predicted octanol–water partition coefficient (Wildman–Crippen LogP) is 2.30. The Bertz CT molecular complexity index is 442. The minimum absolute atomic E-state index is 0.0629. The molecule has 1 unspecified atom stereocenters. The van der Waals surface area contributed by atoms with Crippen molar-refractivity contribution < 1.29 is 4.79 Å². The highest BCUT2D eigenvalue weighted by Gasteiger charge is 2.35. The SMILES string of the molecule is O=C1C(NC2CC2)CCN1Cc1ccc(Br)cc1. The molecule has 3 nitrogen and oxygen atoms in total. The molecule has 1 N–H and O–H groups in total. The van der Waals surface area contributed by atoms with Crippen molar-refractivity contribution in [2.75, 3.05) is 6.54 Å². The number of amides is 1. The third-order valence-electron chi connectivity index (χ3n) is 3.60. The molecule has 1 atom stereocenters. The van der Waals surface area contributed by atoms with Gasteiger partial charge in [0.25, 0.3) is 0 Å². The van der Waals surface area contributed by atoms with Gasteiger partial charge < -0.3 is 10.2 Å². The lowest BCUT2D eigenvalue weighted by Crippen LogP contribution is -2.39. The standard InChI is InChI=1S/C14H17BrN2O/c15-11-3-1-10(2-4-11)9-17-8-7-13(14(17)18)16-12-5-6-12/h1-4,12-13,16H,5-9H2. The minimum Gasteiger partial charge on any atom is -0.337 e. The summed E-state index contributed by atoms with van der Waals surface area (Å²) in [4.78, 5) is 14.2. The molecule has 1 aliphatic heterocycles. The number of nitrogens with zero attached hydrogens (tertiary/aromatic N) is 1. The fourth-order valence-corrected chi connectivity index (χ4v) is 2.66. The fraction of sp³-hybridized carbons (Fsp3) is 0.500. The summed E-state index contributed by atoms with van der Waals surface area (Å²) in [5.41, 5.74) is 1.19. The zero-order valence-corrected chi connectivity index (χ0v) is 11.8. The number of nitrogens with one attached hydrogen (secondary N) is 1. The molecule has 1 heterocycles. The van der Waals surface area contributed by atoms with Crippen molar-refractivity contribution in [2.45, 2.75) is 37.9 Å². The second-order valence-corrected chi connectivity index (χ2v) is 6.08. The van der Waals surface area contributed by atoms with Gasteiger partial charge in [-0.15, -0.1) is 0 Å². The Morgan fingerprint density at radius 3 is 2.61 bits per heavy atom. The average Bonchev–Trinajstić information content (AvgIpc) is 3.12. The first-order valence-corrected chi connectivity index (χ1v) is 7.31. The third-order valence-corrected chi connectivity index (χ3v) is 4.13. The molecule has 0 aromatic heterocycles. The van der Waals surface area contributed by atoms with E-state index < -0.39 is 0 Å². The number of carbonyl (C=O) groups excluding carboxylic acids is 1. The molecule has 1 aliphatic carbocycles. The van der Waals surface area contributed by atoms with Crippen LogP contribution >= 0.6 is 15.9 Å². The van der Waals surface area contributed by atoms with E-state index in [4.69, 9.17) is 0 Å². The van der Waals surface area contributed by atoms with Crippen LogP contribution in [-0.2, 0) is 11.3 Å². The maximum Gasteiger partial charge on any atom is 0.240 e. The lowest BCUT2D eigenvalue weighted by atomic mass is 10.2. The Morgan fingerprint density at radius 2 is 1.94 bits per heavy atom. The van der Waals surface area contributed by atoms with Crippen LogP contribution in [0.15, 0.2) is 28.7 Å². The molecule has 1 aromatic carbocycles. The van der Waals surface area contributed by atoms with E-state index in [1.807, 2.05) is 17.0 Å². The summed E-state index contributed by atoms with van der Waals surface area (Å²) in [5.74, 6) is 0.268. The third kappa shape index (κ3) is 2.75. The minimum atomic E-state index is 0.0629. The van der Waals surface area contributed by atoms with Gasteiger partial charge in [0.15, 0.2) is 0 Å². The number of hydrogen-bond donors (Lipinski definition) is 1. The maximum atomic E-state index is 12.2. The molecule has 2 aliphatic rings. The highest BCUT2D eigenvalue weighted by molar-refractivity contribution is 9.10. The van der Waals surface area contributed by atoms with Gasteiger partial charge in [-0.25, -0.2) is 0 Å². The molecule has 0 bridgehead atoms. The van der Waals surface area contributed by atoms with Crippen molar-refractivity contribution in [3.8, 4) is 0 Å². The molecule has 1 saturated carbocycles. The Kier molecular flexibility index (Phi) is 3.39. The fourth-order valence-electron chi connectivity index (χ4n) is 2.40. The molecule has 1 amide bonds. The van der Waals surface area contributed by atoms with Crippen molar-refractivity contribution in [3.05, 3.63) is 34.3 Å². The van der Waals surface area contributed by atoms with Crippen molar-refractivity contribution in [1.29, 1.82) is 0 Å². The van der Waals surface area contributed by atoms with Crippen LogP contribution in [-0.4, -0.2) is 29.4 Å². The van der Waals surface area contributed by atoms with Gasteiger partial charge in [-0.1, -0.05) is 28.1 Å². The van der Waals surface area contributed by atoms with Gasteiger partial charge in [0.1, 0.15) is 0 Å². The van der Waals surface area contributed by atoms with Crippen LogP contribution in [0.5, 0.6) is 0 Å². The molecule has 0 radical (unpaired) electrons. The first-order chi connectivity index (χ1) is 8.72. The van der Waals surface area contributed by atoms with E-state index in [-0.39, 0.29) is 11.9 Å². The molecular formula is C14H17BrN2O. The van der Waals surface area contributed by atoms with E-state index in [0.717, 1.165) is 24.0 Å². The van der Waals surface area contributed by atoms with Crippen molar-refractivity contribution in [3.63, 3.8) is 0 Å². The van der Waals surface area contributed by atoms with Crippen molar-refractivity contribution in [2.24, 2.45) is 0 Å². The van der Waals surface area contributed by atoms with Crippen molar-refractivity contribution in [1.82, 2.24) is 10.2 Å². The van der Waals surface area contributed by atoms with E-state index in [2.05, 4.69) is 33.4 Å². The number of halogens is 1. The Morgan fingerprint density at radius 1 is 1.22 bits per heavy atom. The number of rotatable bonds is 4. The largest absolute Gasteiger partial charge is 0.337 e. The van der Waals surface area contributed by atoms with E-state index in [0.29, 0.717) is 6.04 Å². The summed E-state index contributed by atoms with van der Waals surface area (Å²) in [6, 6.07) is 8.85. The van der Waals surface area contributed by atoms with Crippen LogP contribution < -0.4 is 5.32 Å². The van der Waals surface area contributed by atoms with Crippen LogP contribution in [0, 0.1) is 0 Å². The predicted molar refractivity (Wildman–Crippen MR) is 74.1 cm³/mol. The van der Waals surface area contributed by atoms with E-state index in [1.165, 1.54) is 18.4 Å². The zero-order valence-electron chi connectivity index (χ0n) is 10.2. The first kappa shape index (κ1) is 12.2. The van der Waals surface area contributed by atoms with Crippen LogP contribution in [0.3, 0.4) is 0 Å². The van der Waals surface area contributed by atoms with Crippen LogP contribution in [0.1, 0.15) is 24.8 Å². The summed E-state index contributed by atoms with van der Waals surface area (Å²) in [6.07, 6.45) is 3.42. The number of benzene rings is 1. The molecule has 4 heteroatoms. The average molecular weight is 309 g/mol. The van der Waals surface area contributed by atoms with E-state index in [9.17, 15) is 4.79 Å². The molecule has 1 saturated heterocycles. The van der Waals surface area contributed by atoms with Gasteiger partial charge in [-0.2, -0.15) is 0 Å². The van der Waals surface area contributed by atoms with E-state index in [1.54, 1.807) is 0 Å². The number of carbonyl (C=O) groups is 1. The molecule has 3 rings (SSSR count). The van der Waals surface area contributed by atoms with Gasteiger partial charge >= 0.3 is 0 Å². The molecular weight excluding hydrogens is 292 g/mol. The van der Waals surface area contributed by atoms with Crippen LogP contribution in [0.2, 0.25) is 0 Å². The van der Waals surface area contributed by atoms with E-state index >= 15 is 0 Å². The Balaban J connectivity index is 1.59. The summed E-state index contributed by atoms with van der Waals surface area (Å²) in [7, 11) is 0. The van der Waals surface area contributed by atoms with Crippen LogP contribution in [0.25, 0.3) is 0 Å². The second-order valence-electron chi connectivity index (χ2n) is 5.17. The molecule has 0 spiro atoms. The molecule has 1 aromatic rings. The lowest BCUT2D eigenvalue weighted by Gasteiger charge is -2.17. The van der Waals surface area contributed by atoms with Crippen molar-refractivity contribution >= 4 is 21.8 Å².